The van der Waals surface area contributed by atoms with Crippen LogP contribution in [-0.2, 0) is 26.5 Å². The fourth-order valence-electron chi connectivity index (χ4n) is 7.29. The van der Waals surface area contributed by atoms with Crippen molar-refractivity contribution in [2.24, 2.45) is 5.41 Å². The quantitative estimate of drug-likeness (QED) is 0.123. The third-order valence-electron chi connectivity index (χ3n) is 9.68. The number of hydrogen-bond donors (Lipinski definition) is 0. The molecule has 0 saturated heterocycles. The summed E-state index contributed by atoms with van der Waals surface area (Å²) < 4.78 is 98.7. The van der Waals surface area contributed by atoms with E-state index in [0.717, 1.165) is 22.1 Å². The van der Waals surface area contributed by atoms with Gasteiger partial charge in [0, 0.05) is 57.5 Å². The number of benzene rings is 5. The van der Waals surface area contributed by atoms with Gasteiger partial charge in [0.15, 0.2) is 0 Å². The molecule has 7 heteroatoms. The predicted molar refractivity (Wildman–Crippen MR) is 245 cm³/mol. The summed E-state index contributed by atoms with van der Waals surface area (Å²) in [5.74, 6) is 0.643. The van der Waals surface area contributed by atoms with Crippen molar-refractivity contribution in [3.05, 3.63) is 162 Å². The minimum absolute atomic E-state index is 0. The van der Waals surface area contributed by atoms with Gasteiger partial charge in [0.25, 0.3) is 0 Å². The van der Waals surface area contributed by atoms with E-state index in [1.807, 2.05) is 125 Å². The number of fused-ring (bicyclic) bond motifs is 4. The Morgan fingerprint density at radius 1 is 0.729 bits per heavy atom. The normalized spacial score (nSPS) is 15.4. The van der Waals surface area contributed by atoms with Crippen LogP contribution in [0.15, 0.2) is 132 Å². The van der Waals surface area contributed by atoms with Gasteiger partial charge in [-0.25, -0.2) is 4.98 Å². The van der Waals surface area contributed by atoms with Crippen LogP contribution in [0.25, 0.3) is 72.7 Å². The Morgan fingerprint density at radius 3 is 2.17 bits per heavy atom. The maximum atomic E-state index is 8.87. The van der Waals surface area contributed by atoms with E-state index in [1.54, 1.807) is 24.3 Å². The standard InChI is InChI=1S/C32H22N3O.C20H28NSi.Ir/c1-20-10-8-11-21(2)29(20)27-19-18-24-23-14-9-15-25(30(23)36-32(24)34-27)31-33-26-16-6-7-17-28(26)35(31)22-12-4-3-5-13-22;1-15-19(22(5,6)7)17(14-20(2,3)4)13-18(21-15)16-11-9-8-10-12-16;/h3-14,16-19H,1-2H3;8-11,13H,14H2,1-7H3;/q2*-1;/i1D3,2D3;1D3,14D2;. The summed E-state index contributed by atoms with van der Waals surface area (Å²) in [4.78, 5) is 14.1. The molecule has 5 aromatic carbocycles. The zero-order valence-corrected chi connectivity index (χ0v) is 37.0. The molecule has 0 unspecified atom stereocenters. The predicted octanol–water partition coefficient (Wildman–Crippen LogP) is 13.1. The van der Waals surface area contributed by atoms with Gasteiger partial charge in [0.2, 0.25) is 5.71 Å². The first-order valence-electron chi connectivity index (χ1n) is 24.6. The van der Waals surface area contributed by atoms with Crippen LogP contribution in [0, 0.1) is 38.1 Å². The number of pyridine rings is 2. The Balaban J connectivity index is 0.000000225. The van der Waals surface area contributed by atoms with Crippen LogP contribution >= 0.6 is 0 Å². The van der Waals surface area contributed by atoms with Crippen molar-refractivity contribution in [2.45, 2.75) is 67.3 Å². The van der Waals surface area contributed by atoms with Crippen LogP contribution in [0.3, 0.4) is 0 Å². The zero-order valence-electron chi connectivity index (χ0n) is 44.7. The first kappa shape index (κ1) is 29.7. The average molecular weight is 978 g/mol. The molecule has 59 heavy (non-hydrogen) atoms. The van der Waals surface area contributed by atoms with Crippen LogP contribution in [0.2, 0.25) is 19.6 Å². The molecular formula is C52H50IrN4OSi-2. The summed E-state index contributed by atoms with van der Waals surface area (Å²) in [5.41, 5.74) is 5.09. The molecule has 1 radical (unpaired) electrons. The van der Waals surface area contributed by atoms with Crippen molar-refractivity contribution in [1.29, 1.82) is 0 Å². The van der Waals surface area contributed by atoms with Gasteiger partial charge in [-0.2, -0.15) is 0 Å². The average Bonchev–Trinajstić information content (AvgIpc) is 3.86. The minimum atomic E-state index is -2.54. The van der Waals surface area contributed by atoms with E-state index in [9.17, 15) is 0 Å². The van der Waals surface area contributed by atoms with Gasteiger partial charge in [-0.05, 0) is 90.7 Å². The summed E-state index contributed by atoms with van der Waals surface area (Å²) in [6.45, 7) is 4.13. The number of aromatic nitrogens is 4. The van der Waals surface area contributed by atoms with Crippen molar-refractivity contribution < 1.29 is 39.6 Å². The first-order valence-corrected chi connectivity index (χ1v) is 22.6. The number of nitrogens with zero attached hydrogens (tertiary/aromatic N) is 4. The number of furan rings is 1. The van der Waals surface area contributed by atoms with Crippen LogP contribution in [-0.4, -0.2) is 27.6 Å². The molecule has 0 spiro atoms. The van der Waals surface area contributed by atoms with E-state index in [0.29, 0.717) is 44.4 Å². The topological polar surface area (TPSA) is 56.7 Å². The molecule has 9 aromatic rings. The van der Waals surface area contributed by atoms with Gasteiger partial charge in [0.1, 0.15) is 0 Å². The van der Waals surface area contributed by atoms with E-state index < -0.39 is 40.4 Å². The first-order chi connectivity index (χ1) is 32.2. The number of para-hydroxylation sites is 3. The molecule has 4 heterocycles. The van der Waals surface area contributed by atoms with E-state index in [1.165, 1.54) is 18.2 Å². The molecule has 0 bridgehead atoms. The van der Waals surface area contributed by atoms with Crippen LogP contribution < -0.4 is 5.19 Å². The Hall–Kier alpha value is -5.46. The van der Waals surface area contributed by atoms with Crippen LogP contribution in [0.1, 0.15) is 58.2 Å². The van der Waals surface area contributed by atoms with Gasteiger partial charge in [-0.1, -0.05) is 112 Å². The summed E-state index contributed by atoms with van der Waals surface area (Å²) in [6.07, 6.45) is -1.71. The molecule has 0 aliphatic rings. The number of rotatable bonds is 6. The monoisotopic (exact) mass is 978 g/mol. The van der Waals surface area contributed by atoms with Crippen molar-refractivity contribution >= 4 is 46.4 Å². The van der Waals surface area contributed by atoms with E-state index >= 15 is 0 Å². The third kappa shape index (κ3) is 8.51. The van der Waals surface area contributed by atoms with Crippen molar-refractivity contribution in [1.82, 2.24) is 19.5 Å². The molecule has 0 aliphatic carbocycles. The molecule has 0 saturated carbocycles. The van der Waals surface area contributed by atoms with Gasteiger partial charge >= 0.3 is 0 Å². The Morgan fingerprint density at radius 2 is 1.47 bits per heavy atom. The second kappa shape index (κ2) is 16.7. The maximum Gasteiger partial charge on any atom is 0.216 e. The Labute approximate surface area is 378 Å². The summed E-state index contributed by atoms with van der Waals surface area (Å²) in [7, 11) is -2.22. The van der Waals surface area contributed by atoms with Gasteiger partial charge in [0.05, 0.1) is 36.2 Å². The smallest absolute Gasteiger partial charge is 0.216 e. The summed E-state index contributed by atoms with van der Waals surface area (Å²) >= 11 is 0. The fraction of sp³-hybridized carbons (Fsp3) is 0.212. The van der Waals surface area contributed by atoms with Gasteiger partial charge < -0.3 is 14.0 Å². The van der Waals surface area contributed by atoms with Crippen LogP contribution in [0.5, 0.6) is 0 Å². The number of hydrogen-bond acceptors (Lipinski definition) is 4. The Kier molecular flexibility index (Phi) is 8.38. The molecule has 0 aliphatic heterocycles. The fourth-order valence-corrected chi connectivity index (χ4v) is 8.99. The molecule has 4 aromatic heterocycles. The number of aryl methyl sites for hydroxylation is 3. The number of imidazole rings is 1. The summed E-state index contributed by atoms with van der Waals surface area (Å²) in [6, 6.07) is 44.6. The zero-order chi connectivity index (χ0) is 50.1. The largest absolute Gasteiger partial charge is 0.486 e. The molecule has 0 amide bonds. The third-order valence-corrected chi connectivity index (χ3v) is 11.7. The summed E-state index contributed by atoms with van der Waals surface area (Å²) in [5, 5.41) is 2.08. The molecule has 299 valence electrons. The minimum Gasteiger partial charge on any atom is -0.486 e. The second-order valence-electron chi connectivity index (χ2n) is 16.2. The van der Waals surface area contributed by atoms with E-state index in [-0.39, 0.29) is 53.9 Å². The van der Waals surface area contributed by atoms with Gasteiger partial charge in [-0.3, -0.25) is 4.98 Å². The molecule has 5 nitrogen and oxygen atoms in total. The SMILES string of the molecule is [2H]C([2H])([2H])c1cccc(C([2H])([2H])[2H])c1-c1ccc2c(n1)oc1c(-c3nc4ccccc4n3-c3ccccc3)[c-]ccc12.[2H]C([2H])([2H])c1nc(-c2[c-]cccc2)cc(C([2H])([2H])C(C)(C)C)c1[Si](C)(C)C.[Ir]. The van der Waals surface area contributed by atoms with Crippen molar-refractivity contribution in [3.63, 3.8) is 0 Å². The molecule has 0 atom stereocenters. The molecule has 9 rings (SSSR count). The molecule has 0 N–H and O–H groups in total. The van der Waals surface area contributed by atoms with Crippen molar-refractivity contribution in [3.8, 4) is 39.6 Å². The maximum absolute atomic E-state index is 8.87. The molecule has 0 fully saturated rings. The molecular weight excluding hydrogens is 917 g/mol. The van der Waals surface area contributed by atoms with Crippen LogP contribution in [0.4, 0.5) is 0 Å². The Bertz CT molecular complexity index is 3320. The van der Waals surface area contributed by atoms with E-state index in [2.05, 4.69) is 26.7 Å². The second-order valence-corrected chi connectivity index (χ2v) is 21.2. The van der Waals surface area contributed by atoms with E-state index in [4.69, 9.17) is 24.5 Å². The van der Waals surface area contributed by atoms with Gasteiger partial charge in [-0.15, -0.1) is 54.1 Å². The van der Waals surface area contributed by atoms with Crippen molar-refractivity contribution in [2.75, 3.05) is 0 Å².